The lowest BCUT2D eigenvalue weighted by molar-refractivity contribution is -0.133. The van der Waals surface area contributed by atoms with E-state index in [0.29, 0.717) is 12.6 Å². The molecule has 1 saturated heterocycles. The lowest BCUT2D eigenvalue weighted by Crippen LogP contribution is -2.35. The molecule has 0 radical (unpaired) electrons. The molecule has 88 valence electrons. The van der Waals surface area contributed by atoms with Gasteiger partial charge in [0.15, 0.2) is 0 Å². The second-order valence-corrected chi connectivity index (χ2v) is 4.28. The molecule has 1 aliphatic heterocycles. The molecule has 1 atom stereocenters. The summed E-state index contributed by atoms with van der Waals surface area (Å²) in [6.07, 6.45) is 4.86. The normalized spacial score (nSPS) is 21.3. The summed E-state index contributed by atoms with van der Waals surface area (Å²) >= 11 is 0. The summed E-state index contributed by atoms with van der Waals surface area (Å²) in [5.41, 5.74) is 0. The van der Waals surface area contributed by atoms with Crippen LogP contribution in [0.5, 0.6) is 0 Å². The lowest BCUT2D eigenvalue weighted by Gasteiger charge is -2.23. The number of piperidine rings is 1. The summed E-state index contributed by atoms with van der Waals surface area (Å²) in [4.78, 5) is 12.7. The van der Waals surface area contributed by atoms with Gasteiger partial charge in [-0.3, -0.25) is 4.79 Å². The zero-order valence-corrected chi connectivity index (χ0v) is 9.79. The minimum Gasteiger partial charge on any atom is -0.372 e. The molecule has 1 N–H and O–H groups in total. The third-order valence-corrected chi connectivity index (χ3v) is 2.75. The Labute approximate surface area is 92.0 Å². The molecule has 1 fully saturated rings. The van der Waals surface area contributed by atoms with E-state index < -0.39 is 0 Å². The van der Waals surface area contributed by atoms with Gasteiger partial charge in [0.2, 0.25) is 5.91 Å². The maximum Gasteiger partial charge on any atom is 0.248 e. The van der Waals surface area contributed by atoms with E-state index in [1.54, 1.807) is 19.0 Å². The van der Waals surface area contributed by atoms with Crippen LogP contribution in [0.1, 0.15) is 25.7 Å². The molecule has 0 aromatic carbocycles. The highest BCUT2D eigenvalue weighted by molar-refractivity contribution is 5.76. The van der Waals surface area contributed by atoms with Gasteiger partial charge in [0, 0.05) is 26.7 Å². The van der Waals surface area contributed by atoms with Gasteiger partial charge < -0.3 is 15.0 Å². The molecule has 1 aliphatic rings. The van der Waals surface area contributed by atoms with Crippen molar-refractivity contribution in [2.24, 2.45) is 0 Å². The van der Waals surface area contributed by atoms with E-state index in [2.05, 4.69) is 5.32 Å². The second kappa shape index (κ2) is 6.80. The van der Waals surface area contributed by atoms with Crippen molar-refractivity contribution in [2.45, 2.75) is 31.7 Å². The number of rotatable bonds is 5. The van der Waals surface area contributed by atoms with E-state index in [0.717, 1.165) is 13.0 Å². The molecule has 1 unspecified atom stereocenters. The van der Waals surface area contributed by atoms with Gasteiger partial charge in [-0.15, -0.1) is 0 Å². The van der Waals surface area contributed by atoms with E-state index in [9.17, 15) is 4.79 Å². The first-order valence-corrected chi connectivity index (χ1v) is 5.71. The monoisotopic (exact) mass is 214 g/mol. The van der Waals surface area contributed by atoms with Gasteiger partial charge in [-0.05, 0) is 25.8 Å². The van der Waals surface area contributed by atoms with E-state index in [4.69, 9.17) is 4.74 Å². The van der Waals surface area contributed by atoms with Crippen LogP contribution in [0.4, 0.5) is 0 Å². The third kappa shape index (κ3) is 5.14. The fraction of sp³-hybridized carbons (Fsp3) is 0.909. The Morgan fingerprint density at radius 3 is 2.87 bits per heavy atom. The van der Waals surface area contributed by atoms with Crippen molar-refractivity contribution in [3.8, 4) is 0 Å². The van der Waals surface area contributed by atoms with Gasteiger partial charge >= 0.3 is 0 Å². The molecule has 15 heavy (non-hydrogen) atoms. The number of likely N-dealkylation sites (N-methyl/N-ethyl adjacent to an activating group) is 1. The van der Waals surface area contributed by atoms with Crippen molar-refractivity contribution in [3.05, 3.63) is 0 Å². The van der Waals surface area contributed by atoms with Crippen LogP contribution < -0.4 is 5.32 Å². The summed E-state index contributed by atoms with van der Waals surface area (Å²) in [5, 5.41) is 3.45. The molecule has 0 aromatic heterocycles. The smallest absolute Gasteiger partial charge is 0.248 e. The number of carbonyl (C=O) groups is 1. The topological polar surface area (TPSA) is 41.6 Å². The first kappa shape index (κ1) is 12.5. The van der Waals surface area contributed by atoms with Crippen LogP contribution in [-0.4, -0.2) is 50.7 Å². The number of carbonyl (C=O) groups excluding carboxylic acids is 1. The Bertz CT molecular complexity index is 189. The van der Waals surface area contributed by atoms with Crippen molar-refractivity contribution < 1.29 is 9.53 Å². The molecule has 1 heterocycles. The predicted molar refractivity (Wildman–Crippen MR) is 59.8 cm³/mol. The highest BCUT2D eigenvalue weighted by atomic mass is 16.5. The average molecular weight is 214 g/mol. The molecule has 0 spiro atoms. The Balaban J connectivity index is 1.98. The molecule has 1 rings (SSSR count). The second-order valence-electron chi connectivity index (χ2n) is 4.28. The number of nitrogens with zero attached hydrogens (tertiary/aromatic N) is 1. The molecule has 1 amide bonds. The van der Waals surface area contributed by atoms with Gasteiger partial charge in [0.1, 0.15) is 6.61 Å². The van der Waals surface area contributed by atoms with Crippen molar-refractivity contribution >= 4 is 5.91 Å². The minimum absolute atomic E-state index is 0.0339. The van der Waals surface area contributed by atoms with E-state index in [-0.39, 0.29) is 12.5 Å². The Morgan fingerprint density at radius 1 is 1.47 bits per heavy atom. The van der Waals surface area contributed by atoms with Gasteiger partial charge in [-0.1, -0.05) is 6.42 Å². The van der Waals surface area contributed by atoms with Crippen molar-refractivity contribution in [3.63, 3.8) is 0 Å². The number of hydrogen-bond donors (Lipinski definition) is 1. The SMILES string of the molecule is CN(C)C(=O)COCCC1CCCCN1. The van der Waals surface area contributed by atoms with Gasteiger partial charge in [-0.25, -0.2) is 0 Å². The van der Waals surface area contributed by atoms with Crippen LogP contribution in [0.2, 0.25) is 0 Å². The Hall–Kier alpha value is -0.610. The maximum atomic E-state index is 11.2. The van der Waals surface area contributed by atoms with Crippen molar-refractivity contribution in [1.29, 1.82) is 0 Å². The van der Waals surface area contributed by atoms with Crippen LogP contribution in [0.15, 0.2) is 0 Å². The zero-order valence-electron chi connectivity index (χ0n) is 9.79. The summed E-state index contributed by atoms with van der Waals surface area (Å²) in [6, 6.07) is 0.591. The number of nitrogens with one attached hydrogen (secondary N) is 1. The summed E-state index contributed by atoms with van der Waals surface area (Å²) in [7, 11) is 3.49. The first-order valence-electron chi connectivity index (χ1n) is 5.71. The number of ether oxygens (including phenoxy) is 1. The molecular formula is C11H22N2O2. The quantitative estimate of drug-likeness (QED) is 0.682. The van der Waals surface area contributed by atoms with E-state index >= 15 is 0 Å². The average Bonchev–Trinajstić information content (AvgIpc) is 2.25. The van der Waals surface area contributed by atoms with Crippen molar-refractivity contribution in [2.75, 3.05) is 33.9 Å². The maximum absolute atomic E-state index is 11.2. The summed E-state index contributed by atoms with van der Waals surface area (Å²) in [5.74, 6) is 0.0339. The van der Waals surface area contributed by atoms with Crippen LogP contribution >= 0.6 is 0 Å². The van der Waals surface area contributed by atoms with Crippen molar-refractivity contribution in [1.82, 2.24) is 10.2 Å². The van der Waals surface area contributed by atoms with Crippen LogP contribution in [0.3, 0.4) is 0 Å². The van der Waals surface area contributed by atoms with Crippen LogP contribution in [0, 0.1) is 0 Å². The molecule has 0 aromatic rings. The van der Waals surface area contributed by atoms with Gasteiger partial charge in [0.25, 0.3) is 0 Å². The predicted octanol–water partition coefficient (Wildman–Crippen LogP) is 0.623. The van der Waals surface area contributed by atoms with Gasteiger partial charge in [-0.2, -0.15) is 0 Å². The molecular weight excluding hydrogens is 192 g/mol. The Kier molecular flexibility index (Phi) is 5.65. The van der Waals surface area contributed by atoms with Crippen LogP contribution in [-0.2, 0) is 9.53 Å². The fourth-order valence-corrected chi connectivity index (χ4v) is 1.68. The van der Waals surface area contributed by atoms with E-state index in [1.165, 1.54) is 19.3 Å². The molecule has 0 saturated carbocycles. The van der Waals surface area contributed by atoms with Gasteiger partial charge in [0.05, 0.1) is 0 Å². The van der Waals surface area contributed by atoms with Crippen LogP contribution in [0.25, 0.3) is 0 Å². The standard InChI is InChI=1S/C11H22N2O2/c1-13(2)11(14)9-15-8-6-10-5-3-4-7-12-10/h10,12H,3-9H2,1-2H3. The summed E-state index contributed by atoms with van der Waals surface area (Å²) in [6.45, 7) is 2.01. The highest BCUT2D eigenvalue weighted by Crippen LogP contribution is 2.09. The molecule has 4 heteroatoms. The molecule has 0 aliphatic carbocycles. The molecule has 0 bridgehead atoms. The molecule has 4 nitrogen and oxygen atoms in total. The highest BCUT2D eigenvalue weighted by Gasteiger charge is 2.12. The third-order valence-electron chi connectivity index (χ3n) is 2.75. The fourth-order valence-electron chi connectivity index (χ4n) is 1.68. The zero-order chi connectivity index (χ0) is 11.1. The Morgan fingerprint density at radius 2 is 2.27 bits per heavy atom. The van der Waals surface area contributed by atoms with E-state index in [1.807, 2.05) is 0 Å². The largest absolute Gasteiger partial charge is 0.372 e. The lowest BCUT2D eigenvalue weighted by atomic mass is 10.0. The first-order chi connectivity index (χ1) is 7.20. The minimum atomic E-state index is 0.0339. The number of hydrogen-bond acceptors (Lipinski definition) is 3. The number of amides is 1. The summed E-state index contributed by atoms with van der Waals surface area (Å²) < 4.78 is 5.33.